The van der Waals surface area contributed by atoms with Crippen molar-refractivity contribution in [3.63, 3.8) is 0 Å². The van der Waals surface area contributed by atoms with Crippen molar-refractivity contribution in [2.24, 2.45) is 11.8 Å². The highest BCUT2D eigenvalue weighted by atomic mass is 16.5. The molecule has 0 saturated carbocycles. The molecule has 4 nitrogen and oxygen atoms in total. The molecule has 0 aliphatic heterocycles. The summed E-state index contributed by atoms with van der Waals surface area (Å²) in [4.78, 5) is 24.3. The van der Waals surface area contributed by atoms with Crippen LogP contribution in [0.2, 0.25) is 0 Å². The Bertz CT molecular complexity index is 533. The molecular weight excluding hydrogens is 256 g/mol. The number of benzene rings is 1. The molecule has 0 fully saturated rings. The molecule has 20 heavy (non-hydrogen) atoms. The lowest BCUT2D eigenvalue weighted by Crippen LogP contribution is -2.48. The third-order valence-corrected chi connectivity index (χ3v) is 4.29. The molecule has 0 heterocycles. The Balaban J connectivity index is 2.56. The summed E-state index contributed by atoms with van der Waals surface area (Å²) >= 11 is 0. The molecule has 1 aromatic rings. The van der Waals surface area contributed by atoms with Crippen molar-refractivity contribution >= 4 is 11.9 Å². The molecule has 1 aromatic carbocycles. The van der Waals surface area contributed by atoms with Gasteiger partial charge in [-0.05, 0) is 17.5 Å². The van der Waals surface area contributed by atoms with Gasteiger partial charge in [-0.3, -0.25) is 9.59 Å². The minimum absolute atomic E-state index is 0.358. The van der Waals surface area contributed by atoms with Crippen LogP contribution in [0.15, 0.2) is 24.3 Å². The molecule has 0 amide bonds. The zero-order valence-corrected chi connectivity index (χ0v) is 12.3. The Labute approximate surface area is 119 Å². The van der Waals surface area contributed by atoms with Gasteiger partial charge in [-0.2, -0.15) is 0 Å². The Morgan fingerprint density at radius 3 is 2.30 bits per heavy atom. The second-order valence-corrected chi connectivity index (χ2v) is 5.71. The lowest BCUT2D eigenvalue weighted by Gasteiger charge is -2.42. The predicted octanol–water partition coefficient (Wildman–Crippen LogP) is 2.10. The molecule has 2 rings (SSSR count). The van der Waals surface area contributed by atoms with E-state index in [0.717, 1.165) is 11.1 Å². The van der Waals surface area contributed by atoms with Gasteiger partial charge in [-0.25, -0.2) is 0 Å². The molecule has 4 heteroatoms. The highest BCUT2D eigenvalue weighted by Crippen LogP contribution is 2.45. The van der Waals surface area contributed by atoms with Gasteiger partial charge in [-0.1, -0.05) is 38.1 Å². The van der Waals surface area contributed by atoms with Crippen molar-refractivity contribution < 1.29 is 19.1 Å². The highest BCUT2D eigenvalue weighted by molar-refractivity contribution is 5.84. The van der Waals surface area contributed by atoms with E-state index in [2.05, 4.69) is 0 Å². The van der Waals surface area contributed by atoms with Gasteiger partial charge in [0.2, 0.25) is 0 Å². The third-order valence-electron chi connectivity index (χ3n) is 4.29. The maximum absolute atomic E-state index is 12.2. The van der Waals surface area contributed by atoms with Gasteiger partial charge in [0.05, 0.1) is 26.1 Å². The summed E-state index contributed by atoms with van der Waals surface area (Å²) in [5, 5.41) is 0. The zero-order chi connectivity index (χ0) is 14.9. The first kappa shape index (κ1) is 14.6. The minimum atomic E-state index is -0.533. The second-order valence-electron chi connectivity index (χ2n) is 5.71. The Hall–Kier alpha value is -1.84. The van der Waals surface area contributed by atoms with Crippen LogP contribution in [0.1, 0.15) is 25.0 Å². The van der Waals surface area contributed by atoms with E-state index in [9.17, 15) is 9.59 Å². The van der Waals surface area contributed by atoms with E-state index in [-0.39, 0.29) is 11.9 Å². The van der Waals surface area contributed by atoms with Gasteiger partial charge >= 0.3 is 11.9 Å². The number of rotatable bonds is 2. The summed E-state index contributed by atoms with van der Waals surface area (Å²) in [6.45, 7) is 3.95. The summed E-state index contributed by atoms with van der Waals surface area (Å²) in [6.07, 6.45) is 0.506. The van der Waals surface area contributed by atoms with Crippen LogP contribution in [-0.4, -0.2) is 26.2 Å². The van der Waals surface area contributed by atoms with Crippen molar-refractivity contribution in [3.8, 4) is 0 Å². The van der Waals surface area contributed by atoms with Gasteiger partial charge in [0.15, 0.2) is 0 Å². The van der Waals surface area contributed by atoms with Gasteiger partial charge in [0, 0.05) is 5.41 Å². The fourth-order valence-electron chi connectivity index (χ4n) is 3.31. The van der Waals surface area contributed by atoms with Crippen LogP contribution >= 0.6 is 0 Å². The topological polar surface area (TPSA) is 52.6 Å². The van der Waals surface area contributed by atoms with E-state index >= 15 is 0 Å². The van der Waals surface area contributed by atoms with Crippen molar-refractivity contribution in [2.45, 2.75) is 25.7 Å². The quantitative estimate of drug-likeness (QED) is 0.776. The van der Waals surface area contributed by atoms with Gasteiger partial charge < -0.3 is 9.47 Å². The summed E-state index contributed by atoms with van der Waals surface area (Å²) in [5.74, 6) is -1.75. The monoisotopic (exact) mass is 276 g/mol. The lowest BCUT2D eigenvalue weighted by molar-refractivity contribution is -0.161. The van der Waals surface area contributed by atoms with E-state index < -0.39 is 17.3 Å². The Kier molecular flexibility index (Phi) is 3.84. The number of hydrogen-bond acceptors (Lipinski definition) is 4. The minimum Gasteiger partial charge on any atom is -0.469 e. The van der Waals surface area contributed by atoms with E-state index in [1.54, 1.807) is 0 Å². The van der Waals surface area contributed by atoms with Crippen LogP contribution in [0.3, 0.4) is 0 Å². The number of methoxy groups -OCH3 is 2. The molecule has 0 spiro atoms. The average Bonchev–Trinajstić information content (AvgIpc) is 2.45. The van der Waals surface area contributed by atoms with Crippen LogP contribution in [0, 0.1) is 11.8 Å². The van der Waals surface area contributed by atoms with E-state index in [0.29, 0.717) is 6.42 Å². The molecule has 0 bridgehead atoms. The summed E-state index contributed by atoms with van der Waals surface area (Å²) < 4.78 is 9.79. The number of carbonyl (C=O) groups is 2. The van der Waals surface area contributed by atoms with Crippen LogP contribution in [0.5, 0.6) is 0 Å². The molecule has 2 atom stereocenters. The maximum Gasteiger partial charge on any atom is 0.310 e. The van der Waals surface area contributed by atoms with Gasteiger partial charge in [-0.15, -0.1) is 0 Å². The molecule has 0 N–H and O–H groups in total. The van der Waals surface area contributed by atoms with Crippen LogP contribution in [0.4, 0.5) is 0 Å². The summed E-state index contributed by atoms with van der Waals surface area (Å²) in [6, 6.07) is 7.91. The van der Waals surface area contributed by atoms with Crippen molar-refractivity contribution in [2.75, 3.05) is 14.2 Å². The van der Waals surface area contributed by atoms with E-state index in [1.165, 1.54) is 14.2 Å². The maximum atomic E-state index is 12.2. The van der Waals surface area contributed by atoms with Crippen molar-refractivity contribution in [3.05, 3.63) is 35.4 Å². The zero-order valence-electron chi connectivity index (χ0n) is 12.3. The molecule has 1 aliphatic carbocycles. The molecule has 0 saturated heterocycles. The summed E-state index contributed by atoms with van der Waals surface area (Å²) in [7, 11) is 2.71. The fourth-order valence-corrected chi connectivity index (χ4v) is 3.31. The standard InChI is InChI=1S/C16H20O4/c1-16(2)12-8-6-5-7-10(12)9-11(14(17)19-3)13(16)15(18)20-4/h5-8,11,13H,9H2,1-4H3/t11-,13-/m0/s1. The largest absolute Gasteiger partial charge is 0.469 e. The lowest BCUT2D eigenvalue weighted by atomic mass is 9.61. The van der Waals surface area contributed by atoms with Crippen molar-refractivity contribution in [1.29, 1.82) is 0 Å². The smallest absolute Gasteiger partial charge is 0.310 e. The van der Waals surface area contributed by atoms with E-state index in [4.69, 9.17) is 9.47 Å². The van der Waals surface area contributed by atoms with Gasteiger partial charge in [0.25, 0.3) is 0 Å². The van der Waals surface area contributed by atoms with Crippen LogP contribution < -0.4 is 0 Å². The highest BCUT2D eigenvalue weighted by Gasteiger charge is 2.50. The SMILES string of the molecule is COC(=O)[C@H]1Cc2ccccc2C(C)(C)[C@@H]1C(=O)OC. The number of ether oxygens (including phenoxy) is 2. The molecule has 108 valence electrons. The number of esters is 2. The second kappa shape index (κ2) is 5.27. The molecular formula is C16H20O4. The van der Waals surface area contributed by atoms with Crippen LogP contribution in [-0.2, 0) is 30.9 Å². The first-order chi connectivity index (χ1) is 9.43. The number of hydrogen-bond donors (Lipinski definition) is 0. The fraction of sp³-hybridized carbons (Fsp3) is 0.500. The number of carbonyl (C=O) groups excluding carboxylic acids is 2. The Morgan fingerprint density at radius 2 is 1.70 bits per heavy atom. The molecule has 1 aliphatic rings. The third kappa shape index (κ3) is 2.19. The molecule has 0 aromatic heterocycles. The van der Waals surface area contributed by atoms with E-state index in [1.807, 2.05) is 38.1 Å². The summed E-state index contributed by atoms with van der Waals surface area (Å²) in [5.41, 5.74) is 1.71. The normalized spacial score (nSPS) is 23.6. The molecule has 0 unspecified atom stereocenters. The van der Waals surface area contributed by atoms with Crippen LogP contribution in [0.25, 0.3) is 0 Å². The van der Waals surface area contributed by atoms with Crippen molar-refractivity contribution in [1.82, 2.24) is 0 Å². The first-order valence-electron chi connectivity index (χ1n) is 6.67. The van der Waals surface area contributed by atoms with Gasteiger partial charge in [0.1, 0.15) is 0 Å². The molecule has 0 radical (unpaired) electrons. The predicted molar refractivity (Wildman–Crippen MR) is 74.2 cm³/mol. The average molecular weight is 276 g/mol. The Morgan fingerprint density at radius 1 is 1.10 bits per heavy atom. The number of fused-ring (bicyclic) bond motifs is 1. The first-order valence-corrected chi connectivity index (χ1v) is 6.67.